The molecule has 0 aliphatic carbocycles. The van der Waals surface area contributed by atoms with Crippen LogP contribution < -0.4 is 5.32 Å². The van der Waals surface area contributed by atoms with Gasteiger partial charge in [0.1, 0.15) is 0 Å². The maximum absolute atomic E-state index is 11.5. The molecule has 1 aliphatic rings. The topological polar surface area (TPSA) is 32.3 Å². The summed E-state index contributed by atoms with van der Waals surface area (Å²) in [5.41, 5.74) is 0.262. The van der Waals surface area contributed by atoms with E-state index in [1.165, 1.54) is 0 Å². The van der Waals surface area contributed by atoms with Crippen molar-refractivity contribution in [1.29, 1.82) is 0 Å². The van der Waals surface area contributed by atoms with Crippen LogP contribution in [0.25, 0.3) is 0 Å². The first-order valence-corrected chi connectivity index (χ1v) is 6.48. The zero-order valence-electron chi connectivity index (χ0n) is 11.2. The number of piperidine rings is 1. The van der Waals surface area contributed by atoms with Crippen LogP contribution in [0.1, 0.15) is 53.4 Å². The summed E-state index contributed by atoms with van der Waals surface area (Å²) in [4.78, 5) is 14.0. The van der Waals surface area contributed by atoms with Gasteiger partial charge >= 0.3 is 0 Å². The van der Waals surface area contributed by atoms with Gasteiger partial charge in [-0.3, -0.25) is 9.69 Å². The molecule has 0 unspecified atom stereocenters. The Labute approximate surface area is 99.6 Å². The number of rotatable bonds is 3. The first-order chi connectivity index (χ1) is 7.43. The minimum absolute atomic E-state index is 0.219. The van der Waals surface area contributed by atoms with Crippen LogP contribution in [0.5, 0.6) is 0 Å². The molecule has 0 aromatic carbocycles. The largest absolute Gasteiger partial charge is 0.353 e. The number of hydrogen-bond acceptors (Lipinski definition) is 2. The van der Waals surface area contributed by atoms with Crippen LogP contribution in [0.3, 0.4) is 0 Å². The van der Waals surface area contributed by atoms with Crippen molar-refractivity contribution in [1.82, 2.24) is 10.2 Å². The zero-order valence-corrected chi connectivity index (χ0v) is 11.2. The summed E-state index contributed by atoms with van der Waals surface area (Å²) in [7, 11) is 0. The minimum atomic E-state index is 0.219. The number of hydrogen-bond donors (Lipinski definition) is 1. The van der Waals surface area contributed by atoms with E-state index in [4.69, 9.17) is 0 Å². The Hall–Kier alpha value is -0.570. The average molecular weight is 226 g/mol. The highest BCUT2D eigenvalue weighted by molar-refractivity contribution is 5.76. The van der Waals surface area contributed by atoms with E-state index in [-0.39, 0.29) is 11.4 Å². The van der Waals surface area contributed by atoms with E-state index in [9.17, 15) is 4.79 Å². The third kappa shape index (κ3) is 4.12. The van der Waals surface area contributed by atoms with E-state index in [1.807, 2.05) is 6.92 Å². The Bertz CT molecular complexity index is 225. The van der Waals surface area contributed by atoms with Gasteiger partial charge in [0.05, 0.1) is 0 Å². The summed E-state index contributed by atoms with van der Waals surface area (Å²) >= 11 is 0. The van der Waals surface area contributed by atoms with E-state index in [0.717, 1.165) is 32.4 Å². The molecule has 3 heteroatoms. The number of likely N-dealkylation sites (tertiary alicyclic amines) is 1. The molecule has 1 fully saturated rings. The van der Waals surface area contributed by atoms with Gasteiger partial charge in [0.25, 0.3) is 0 Å². The molecule has 1 rings (SSSR count). The van der Waals surface area contributed by atoms with Crippen molar-refractivity contribution in [2.75, 3.05) is 13.1 Å². The Morgan fingerprint density at radius 2 is 1.88 bits per heavy atom. The van der Waals surface area contributed by atoms with Crippen molar-refractivity contribution in [3.05, 3.63) is 0 Å². The molecular formula is C13H26N2O. The van der Waals surface area contributed by atoms with Crippen LogP contribution >= 0.6 is 0 Å². The molecule has 0 aromatic rings. The molecule has 1 amide bonds. The van der Waals surface area contributed by atoms with Crippen LogP contribution in [-0.2, 0) is 4.79 Å². The molecule has 3 nitrogen and oxygen atoms in total. The summed E-state index contributed by atoms with van der Waals surface area (Å²) < 4.78 is 0. The van der Waals surface area contributed by atoms with E-state index in [1.54, 1.807) is 0 Å². The van der Waals surface area contributed by atoms with Gasteiger partial charge in [-0.15, -0.1) is 0 Å². The lowest BCUT2D eigenvalue weighted by Crippen LogP contribution is -2.50. The van der Waals surface area contributed by atoms with Gasteiger partial charge in [-0.05, 0) is 40.0 Å². The van der Waals surface area contributed by atoms with Gasteiger partial charge in [-0.25, -0.2) is 0 Å². The molecule has 16 heavy (non-hydrogen) atoms. The number of carbonyl (C=O) groups is 1. The molecule has 0 radical (unpaired) electrons. The molecule has 0 spiro atoms. The fourth-order valence-electron chi connectivity index (χ4n) is 2.22. The quantitative estimate of drug-likeness (QED) is 0.800. The summed E-state index contributed by atoms with van der Waals surface area (Å²) in [5.74, 6) is 0.219. The molecule has 0 saturated carbocycles. The summed E-state index contributed by atoms with van der Waals surface area (Å²) in [5, 5.41) is 3.13. The highest BCUT2D eigenvalue weighted by Gasteiger charge is 2.27. The molecule has 0 bridgehead atoms. The third-order valence-electron chi connectivity index (χ3n) is 3.29. The Balaban J connectivity index is 2.30. The first kappa shape index (κ1) is 13.5. The first-order valence-electron chi connectivity index (χ1n) is 6.48. The molecule has 1 aliphatic heterocycles. The van der Waals surface area contributed by atoms with Crippen LogP contribution in [0.4, 0.5) is 0 Å². The summed E-state index contributed by atoms with van der Waals surface area (Å²) in [6, 6.07) is 0.401. The molecule has 1 heterocycles. The Morgan fingerprint density at radius 3 is 2.31 bits per heavy atom. The lowest BCUT2D eigenvalue weighted by molar-refractivity contribution is -0.122. The number of amides is 1. The lowest BCUT2D eigenvalue weighted by Gasteiger charge is -2.41. The molecular weight excluding hydrogens is 200 g/mol. The lowest BCUT2D eigenvalue weighted by atomic mass is 9.98. The van der Waals surface area contributed by atoms with Gasteiger partial charge in [0, 0.05) is 31.1 Å². The normalized spacial score (nSPS) is 19.8. The molecule has 0 aromatic heterocycles. The fraction of sp³-hybridized carbons (Fsp3) is 0.923. The zero-order chi connectivity index (χ0) is 12.2. The molecule has 0 atom stereocenters. The monoisotopic (exact) mass is 226 g/mol. The number of nitrogens with zero attached hydrogens (tertiary/aromatic N) is 1. The van der Waals surface area contributed by atoms with Gasteiger partial charge in [-0.1, -0.05) is 6.92 Å². The van der Waals surface area contributed by atoms with Crippen LogP contribution in [0, 0.1) is 0 Å². The van der Waals surface area contributed by atoms with E-state index < -0.39 is 0 Å². The van der Waals surface area contributed by atoms with Crippen molar-refractivity contribution in [2.45, 2.75) is 65.0 Å². The van der Waals surface area contributed by atoms with Crippen molar-refractivity contribution in [2.24, 2.45) is 0 Å². The third-order valence-corrected chi connectivity index (χ3v) is 3.29. The molecule has 94 valence electrons. The molecule has 1 N–H and O–H groups in total. The minimum Gasteiger partial charge on any atom is -0.353 e. The van der Waals surface area contributed by atoms with Gasteiger partial charge in [-0.2, -0.15) is 0 Å². The maximum Gasteiger partial charge on any atom is 0.220 e. The van der Waals surface area contributed by atoms with Crippen LogP contribution in [-0.4, -0.2) is 35.5 Å². The van der Waals surface area contributed by atoms with E-state index >= 15 is 0 Å². The second-order valence-corrected chi connectivity index (χ2v) is 5.75. The van der Waals surface area contributed by atoms with E-state index in [2.05, 4.69) is 31.0 Å². The highest BCUT2D eigenvalue weighted by Crippen LogP contribution is 2.20. The fourth-order valence-corrected chi connectivity index (χ4v) is 2.22. The van der Waals surface area contributed by atoms with Crippen molar-refractivity contribution in [3.63, 3.8) is 0 Å². The second-order valence-electron chi connectivity index (χ2n) is 5.75. The second kappa shape index (κ2) is 5.67. The Morgan fingerprint density at radius 1 is 1.31 bits per heavy atom. The van der Waals surface area contributed by atoms with Gasteiger partial charge in [0.15, 0.2) is 0 Å². The standard InChI is InChI=1S/C13H26N2O/c1-5-6-12(16)14-11-7-9-15(10-8-11)13(2,3)4/h11H,5-10H2,1-4H3,(H,14,16). The molecule has 1 saturated heterocycles. The summed E-state index contributed by atoms with van der Waals surface area (Å²) in [6.07, 6.45) is 3.78. The maximum atomic E-state index is 11.5. The van der Waals surface area contributed by atoms with Crippen molar-refractivity contribution >= 4 is 5.91 Å². The highest BCUT2D eigenvalue weighted by atomic mass is 16.1. The van der Waals surface area contributed by atoms with Gasteiger partial charge < -0.3 is 5.32 Å². The van der Waals surface area contributed by atoms with Gasteiger partial charge in [0.2, 0.25) is 5.91 Å². The number of nitrogens with one attached hydrogen (secondary N) is 1. The number of carbonyl (C=O) groups excluding carboxylic acids is 1. The Kier molecular flexibility index (Phi) is 4.78. The van der Waals surface area contributed by atoms with Crippen molar-refractivity contribution < 1.29 is 4.79 Å². The van der Waals surface area contributed by atoms with Crippen molar-refractivity contribution in [3.8, 4) is 0 Å². The SMILES string of the molecule is CCCC(=O)NC1CCN(C(C)(C)C)CC1. The smallest absolute Gasteiger partial charge is 0.220 e. The average Bonchev–Trinajstić information content (AvgIpc) is 2.17. The van der Waals surface area contributed by atoms with Crippen LogP contribution in [0.15, 0.2) is 0 Å². The van der Waals surface area contributed by atoms with E-state index in [0.29, 0.717) is 12.5 Å². The predicted octanol–water partition coefficient (Wildman–Crippen LogP) is 2.17. The van der Waals surface area contributed by atoms with Crippen LogP contribution in [0.2, 0.25) is 0 Å². The summed E-state index contributed by atoms with van der Waals surface area (Å²) in [6.45, 7) is 11.0. The predicted molar refractivity (Wildman–Crippen MR) is 67.4 cm³/mol.